The summed E-state index contributed by atoms with van der Waals surface area (Å²) in [5.74, 6) is 1.11. The number of allylic oxidation sites excluding steroid dienone is 6. The van der Waals surface area contributed by atoms with E-state index in [-0.39, 0.29) is 17.7 Å². The van der Waals surface area contributed by atoms with Gasteiger partial charge in [0.15, 0.2) is 7.28 Å². The predicted octanol–water partition coefficient (Wildman–Crippen LogP) is 16.7. The Bertz CT molecular complexity index is 2870. The molecule has 0 saturated heterocycles. The molecule has 3 heteroatoms. The fraction of sp³-hybridized carbons (Fsp3) is 0.129. The summed E-state index contributed by atoms with van der Waals surface area (Å²) in [7, 11) is 0.996. The van der Waals surface area contributed by atoms with Crippen molar-refractivity contribution in [1.29, 1.82) is 0 Å². The van der Waals surface area contributed by atoms with Crippen LogP contribution in [0.15, 0.2) is 254 Å². The Labute approximate surface area is 387 Å². The first-order valence-corrected chi connectivity index (χ1v) is 23.2. The minimum atomic E-state index is 0.157. The molecule has 0 saturated carbocycles. The molecule has 1 aliphatic heterocycles. The number of hydrogen-bond donors (Lipinski definition) is 0. The summed E-state index contributed by atoms with van der Waals surface area (Å²) < 4.78 is 0. The van der Waals surface area contributed by atoms with E-state index >= 15 is 0 Å². The fourth-order valence-electron chi connectivity index (χ4n) is 9.56. The molecule has 9 rings (SSSR count). The van der Waals surface area contributed by atoms with Crippen molar-refractivity contribution in [2.45, 2.75) is 44.9 Å². The molecule has 318 valence electrons. The van der Waals surface area contributed by atoms with Crippen LogP contribution in [0, 0.1) is 5.92 Å². The second kappa shape index (κ2) is 20.4. The lowest BCUT2D eigenvalue weighted by Gasteiger charge is -2.38. The number of anilines is 5. The SMILES string of the molecule is C/C=C(\C=C/C(C)c1ccccc1N(c1ccccc1)c1ccc(-c2ccccc2)cc1)C1BC(N(c2ccccc2)c2cccc(-c3cccc(-c4ccccc4)c3)c2)C(C)CC=C1. The van der Waals surface area contributed by atoms with Gasteiger partial charge in [0.25, 0.3) is 0 Å². The van der Waals surface area contributed by atoms with Crippen LogP contribution in [-0.4, -0.2) is 13.2 Å². The lowest BCUT2D eigenvalue weighted by Crippen LogP contribution is -2.42. The van der Waals surface area contributed by atoms with Gasteiger partial charge in [-0.25, -0.2) is 0 Å². The van der Waals surface area contributed by atoms with Crippen molar-refractivity contribution < 1.29 is 0 Å². The second-order valence-corrected chi connectivity index (χ2v) is 17.3. The molecule has 0 amide bonds. The summed E-state index contributed by atoms with van der Waals surface area (Å²) in [4.78, 5) is 5.02. The monoisotopic (exact) mass is 840 g/mol. The van der Waals surface area contributed by atoms with E-state index in [0.717, 1.165) is 25.1 Å². The normalized spacial score (nSPS) is 16.7. The van der Waals surface area contributed by atoms with Crippen LogP contribution >= 0.6 is 0 Å². The third-order valence-corrected chi connectivity index (χ3v) is 13.1. The van der Waals surface area contributed by atoms with Gasteiger partial charge >= 0.3 is 0 Å². The summed E-state index contributed by atoms with van der Waals surface area (Å²) in [6.07, 6.45) is 13.1. The van der Waals surface area contributed by atoms with E-state index in [2.05, 4.69) is 279 Å². The van der Waals surface area contributed by atoms with E-state index in [0.29, 0.717) is 5.92 Å². The molecule has 0 aromatic heterocycles. The van der Waals surface area contributed by atoms with Gasteiger partial charge in [0.05, 0.1) is 0 Å². The van der Waals surface area contributed by atoms with Crippen molar-refractivity contribution in [2.75, 3.05) is 9.80 Å². The minimum Gasteiger partial charge on any atom is -0.346 e. The van der Waals surface area contributed by atoms with Gasteiger partial charge in [-0.1, -0.05) is 208 Å². The zero-order valence-electron chi connectivity index (χ0n) is 37.8. The first-order valence-electron chi connectivity index (χ1n) is 23.2. The Balaban J connectivity index is 1.00. The maximum absolute atomic E-state index is 2.62. The number of benzene rings is 8. The highest BCUT2D eigenvalue weighted by Crippen LogP contribution is 2.42. The van der Waals surface area contributed by atoms with Crippen molar-refractivity contribution in [2.24, 2.45) is 5.92 Å². The van der Waals surface area contributed by atoms with Crippen molar-refractivity contribution in [3.8, 4) is 33.4 Å². The Kier molecular flexibility index (Phi) is 13.5. The maximum atomic E-state index is 2.62. The van der Waals surface area contributed by atoms with Crippen LogP contribution in [0.5, 0.6) is 0 Å². The zero-order valence-corrected chi connectivity index (χ0v) is 37.8. The third-order valence-electron chi connectivity index (χ3n) is 13.1. The van der Waals surface area contributed by atoms with Crippen LogP contribution < -0.4 is 9.80 Å². The lowest BCUT2D eigenvalue weighted by atomic mass is 9.53. The van der Waals surface area contributed by atoms with E-state index < -0.39 is 0 Å². The zero-order chi connectivity index (χ0) is 44.4. The molecule has 1 heterocycles. The smallest absolute Gasteiger partial charge is 0.163 e. The molecule has 8 aromatic carbocycles. The van der Waals surface area contributed by atoms with Crippen LogP contribution in [0.25, 0.3) is 33.4 Å². The highest BCUT2D eigenvalue weighted by Gasteiger charge is 2.32. The fourth-order valence-corrected chi connectivity index (χ4v) is 9.56. The van der Waals surface area contributed by atoms with E-state index in [1.165, 1.54) is 61.6 Å². The topological polar surface area (TPSA) is 6.48 Å². The molecular weight excluding hydrogens is 784 g/mol. The highest BCUT2D eigenvalue weighted by atomic mass is 15.2. The first-order chi connectivity index (χ1) is 32.0. The second-order valence-electron chi connectivity index (χ2n) is 17.3. The van der Waals surface area contributed by atoms with Gasteiger partial charge in [0, 0.05) is 40.3 Å². The van der Waals surface area contributed by atoms with Gasteiger partial charge in [-0.3, -0.25) is 0 Å². The summed E-state index contributed by atoms with van der Waals surface area (Å²) >= 11 is 0. The summed E-state index contributed by atoms with van der Waals surface area (Å²) in [5, 5.41) is 0. The minimum absolute atomic E-state index is 0.157. The molecule has 8 aromatic rings. The molecular formula is C62H57BN2. The quantitative estimate of drug-likeness (QED) is 0.0648. The number of rotatable bonds is 13. The third kappa shape index (κ3) is 9.91. The van der Waals surface area contributed by atoms with Gasteiger partial charge in [0.1, 0.15) is 0 Å². The summed E-state index contributed by atoms with van der Waals surface area (Å²) in [6, 6.07) is 79.0. The van der Waals surface area contributed by atoms with Crippen LogP contribution in [-0.2, 0) is 0 Å². The molecule has 4 atom stereocenters. The summed E-state index contributed by atoms with van der Waals surface area (Å²) in [6.45, 7) is 6.96. The molecule has 0 bridgehead atoms. The first kappa shape index (κ1) is 42.9. The van der Waals surface area contributed by atoms with Gasteiger partial charge in [-0.2, -0.15) is 0 Å². The molecule has 0 spiro atoms. The predicted molar refractivity (Wildman–Crippen MR) is 281 cm³/mol. The lowest BCUT2D eigenvalue weighted by molar-refractivity contribution is 0.553. The molecule has 0 N–H and O–H groups in total. The van der Waals surface area contributed by atoms with Gasteiger partial charge in [0.2, 0.25) is 0 Å². The van der Waals surface area contributed by atoms with Crippen molar-refractivity contribution >= 4 is 35.7 Å². The Morgan fingerprint density at radius 3 is 1.68 bits per heavy atom. The van der Waals surface area contributed by atoms with Crippen LogP contribution in [0.2, 0.25) is 5.82 Å². The van der Waals surface area contributed by atoms with Crippen molar-refractivity contribution in [3.63, 3.8) is 0 Å². The van der Waals surface area contributed by atoms with Crippen LogP contribution in [0.4, 0.5) is 28.4 Å². The van der Waals surface area contributed by atoms with E-state index in [1.807, 2.05) is 0 Å². The molecule has 4 unspecified atom stereocenters. The number of para-hydroxylation sites is 3. The maximum Gasteiger partial charge on any atom is 0.163 e. The van der Waals surface area contributed by atoms with E-state index in [9.17, 15) is 0 Å². The van der Waals surface area contributed by atoms with Gasteiger partial charge < -0.3 is 9.80 Å². The summed E-state index contributed by atoms with van der Waals surface area (Å²) in [5.41, 5.74) is 15.8. The molecule has 1 aliphatic rings. The standard InChI is InChI=1S/C62H57BN2/c1-4-48(39-38-46(2)59-35-17-18-37-61(59)64(55-30-13-7-14-31-55)57-42-40-51(41-43-57)49-23-9-5-10-24-49)60-36-19-22-47(3)62(63-60)65(56-32-15-8-16-33-56)58-34-21-29-54(45-58)53-28-20-27-52(44-53)50-25-11-6-12-26-50/h4-21,23-47,60,62-63H,22H2,1-3H3/b39-38-,48-4+. The molecule has 65 heavy (non-hydrogen) atoms. The van der Waals surface area contributed by atoms with E-state index in [1.54, 1.807) is 0 Å². The Hall–Kier alpha value is -7.36. The van der Waals surface area contributed by atoms with Gasteiger partial charge in [-0.05, 0) is 125 Å². The molecule has 0 fully saturated rings. The van der Waals surface area contributed by atoms with E-state index in [4.69, 9.17) is 0 Å². The van der Waals surface area contributed by atoms with Crippen molar-refractivity contribution in [1.82, 2.24) is 0 Å². The van der Waals surface area contributed by atoms with Gasteiger partial charge in [-0.15, -0.1) is 0 Å². The largest absolute Gasteiger partial charge is 0.346 e. The van der Waals surface area contributed by atoms with Crippen LogP contribution in [0.1, 0.15) is 38.7 Å². The number of hydrogen-bond acceptors (Lipinski definition) is 2. The average Bonchev–Trinajstić information content (AvgIpc) is 3.56. The Morgan fingerprint density at radius 1 is 0.523 bits per heavy atom. The van der Waals surface area contributed by atoms with Crippen molar-refractivity contribution in [3.05, 3.63) is 260 Å². The Morgan fingerprint density at radius 2 is 1.02 bits per heavy atom. The number of nitrogens with zero attached hydrogens (tertiary/aromatic N) is 2. The average molecular weight is 841 g/mol. The highest BCUT2D eigenvalue weighted by molar-refractivity contribution is 6.43. The van der Waals surface area contributed by atoms with Crippen LogP contribution in [0.3, 0.4) is 0 Å². The molecule has 0 aliphatic carbocycles. The molecule has 2 nitrogen and oxygen atoms in total. The molecule has 0 radical (unpaired) electrons.